The molecule has 27 heavy (non-hydrogen) atoms. The minimum Gasteiger partial charge on any atom is -0.484 e. The highest BCUT2D eigenvalue weighted by Gasteiger charge is 2.26. The maximum Gasteiger partial charge on any atom is 0.262 e. The van der Waals surface area contributed by atoms with Crippen molar-refractivity contribution in [2.75, 3.05) is 18.5 Å². The van der Waals surface area contributed by atoms with Gasteiger partial charge in [0.05, 0.1) is 6.10 Å². The lowest BCUT2D eigenvalue weighted by molar-refractivity contribution is -0.120. The van der Waals surface area contributed by atoms with E-state index < -0.39 is 0 Å². The highest BCUT2D eigenvalue weighted by Crippen LogP contribution is 2.32. The smallest absolute Gasteiger partial charge is 0.262 e. The van der Waals surface area contributed by atoms with Crippen molar-refractivity contribution in [1.82, 2.24) is 5.32 Å². The summed E-state index contributed by atoms with van der Waals surface area (Å²) in [6, 6.07) is 16.9. The van der Waals surface area contributed by atoms with Crippen LogP contribution in [0.25, 0.3) is 0 Å². The van der Waals surface area contributed by atoms with Crippen LogP contribution >= 0.6 is 0 Å². The van der Waals surface area contributed by atoms with Gasteiger partial charge in [0.15, 0.2) is 6.61 Å². The second-order valence-electron chi connectivity index (χ2n) is 6.52. The summed E-state index contributed by atoms with van der Waals surface area (Å²) in [7, 11) is 0. The molecule has 0 saturated carbocycles. The molecule has 1 aliphatic rings. The highest BCUT2D eigenvalue weighted by molar-refractivity contribution is 5.92. The van der Waals surface area contributed by atoms with Gasteiger partial charge in [0.2, 0.25) is 5.91 Å². The summed E-state index contributed by atoms with van der Waals surface area (Å²) in [5.74, 6) is 0.371. The molecule has 0 bridgehead atoms. The van der Waals surface area contributed by atoms with Gasteiger partial charge in [0.25, 0.3) is 5.91 Å². The third-order valence-electron chi connectivity index (χ3n) is 4.39. The van der Waals surface area contributed by atoms with E-state index in [2.05, 4.69) is 10.6 Å². The fourth-order valence-electron chi connectivity index (χ4n) is 3.18. The summed E-state index contributed by atoms with van der Waals surface area (Å²) in [4.78, 5) is 23.6. The Morgan fingerprint density at radius 3 is 2.63 bits per heavy atom. The van der Waals surface area contributed by atoms with E-state index in [1.807, 2.05) is 42.5 Å². The second kappa shape index (κ2) is 9.19. The maximum absolute atomic E-state index is 12.3. The lowest BCUT2D eigenvalue weighted by Crippen LogP contribution is -2.38. The standard InChI is InChI=1S/C21H24N2O4/c1-15(24)22-16-11-12-26-20(13-16)18-9-5-6-10-19(18)23-21(25)14-27-17-7-3-2-4-8-17/h2-10,16,20H,11-14H2,1H3,(H,22,24)(H,23,25)/t16-,20+/m1/s1. The number of nitrogens with one attached hydrogen (secondary N) is 2. The van der Waals surface area contributed by atoms with Crippen molar-refractivity contribution in [3.05, 3.63) is 60.2 Å². The molecule has 6 heteroatoms. The molecule has 2 aromatic rings. The number of hydrogen-bond acceptors (Lipinski definition) is 4. The lowest BCUT2D eigenvalue weighted by atomic mass is 9.96. The van der Waals surface area contributed by atoms with E-state index in [0.717, 1.165) is 12.0 Å². The quantitative estimate of drug-likeness (QED) is 0.822. The first-order chi connectivity index (χ1) is 13.1. The summed E-state index contributed by atoms with van der Waals surface area (Å²) >= 11 is 0. The molecule has 2 amide bonds. The molecule has 1 aliphatic heterocycles. The highest BCUT2D eigenvalue weighted by atomic mass is 16.5. The van der Waals surface area contributed by atoms with Crippen molar-refractivity contribution in [2.24, 2.45) is 0 Å². The van der Waals surface area contributed by atoms with Crippen LogP contribution in [-0.4, -0.2) is 31.1 Å². The first-order valence-electron chi connectivity index (χ1n) is 9.07. The van der Waals surface area contributed by atoms with Crippen LogP contribution in [0.2, 0.25) is 0 Å². The van der Waals surface area contributed by atoms with Crippen molar-refractivity contribution in [2.45, 2.75) is 31.9 Å². The SMILES string of the molecule is CC(=O)N[C@@H]1CCO[C@H](c2ccccc2NC(=O)COc2ccccc2)C1. The number of anilines is 1. The van der Waals surface area contributed by atoms with Crippen LogP contribution in [0.1, 0.15) is 31.4 Å². The molecule has 0 radical (unpaired) electrons. The van der Waals surface area contributed by atoms with Gasteiger partial charge in [0, 0.05) is 30.8 Å². The zero-order valence-electron chi connectivity index (χ0n) is 15.3. The Morgan fingerprint density at radius 1 is 1.11 bits per heavy atom. The zero-order valence-corrected chi connectivity index (χ0v) is 15.3. The predicted octanol–water partition coefficient (Wildman–Crippen LogP) is 3.06. The van der Waals surface area contributed by atoms with Gasteiger partial charge in [-0.25, -0.2) is 0 Å². The Bertz CT molecular complexity index is 779. The van der Waals surface area contributed by atoms with E-state index in [1.54, 1.807) is 12.1 Å². The normalized spacial score (nSPS) is 19.1. The number of rotatable bonds is 6. The van der Waals surface area contributed by atoms with E-state index in [9.17, 15) is 9.59 Å². The average Bonchev–Trinajstić information content (AvgIpc) is 2.67. The Morgan fingerprint density at radius 2 is 1.85 bits per heavy atom. The number of amides is 2. The largest absolute Gasteiger partial charge is 0.484 e. The summed E-state index contributed by atoms with van der Waals surface area (Å²) in [5, 5.41) is 5.86. The summed E-state index contributed by atoms with van der Waals surface area (Å²) in [5.41, 5.74) is 1.60. The lowest BCUT2D eigenvalue weighted by Gasteiger charge is -2.31. The van der Waals surface area contributed by atoms with Gasteiger partial charge in [-0.15, -0.1) is 0 Å². The number of carbonyl (C=O) groups excluding carboxylic acids is 2. The molecule has 142 valence electrons. The van der Waals surface area contributed by atoms with Crippen molar-refractivity contribution in [3.63, 3.8) is 0 Å². The van der Waals surface area contributed by atoms with Crippen LogP contribution in [0.15, 0.2) is 54.6 Å². The summed E-state index contributed by atoms with van der Waals surface area (Å²) in [6.45, 7) is 2.01. The molecule has 2 N–H and O–H groups in total. The van der Waals surface area contributed by atoms with Crippen molar-refractivity contribution >= 4 is 17.5 Å². The molecule has 6 nitrogen and oxygen atoms in total. The monoisotopic (exact) mass is 368 g/mol. The van der Waals surface area contributed by atoms with Gasteiger partial charge in [-0.3, -0.25) is 9.59 Å². The Labute approximate surface area is 158 Å². The molecule has 2 atom stereocenters. The maximum atomic E-state index is 12.3. The molecule has 0 unspecified atom stereocenters. The van der Waals surface area contributed by atoms with Gasteiger partial charge in [-0.1, -0.05) is 36.4 Å². The average molecular weight is 368 g/mol. The van der Waals surface area contributed by atoms with Crippen LogP contribution < -0.4 is 15.4 Å². The van der Waals surface area contributed by atoms with Crippen LogP contribution in [0.3, 0.4) is 0 Å². The number of carbonyl (C=O) groups is 2. The predicted molar refractivity (Wildman–Crippen MR) is 103 cm³/mol. The van der Waals surface area contributed by atoms with Crippen molar-refractivity contribution in [3.8, 4) is 5.75 Å². The molecule has 1 saturated heterocycles. The molecule has 0 aromatic heterocycles. The minimum atomic E-state index is -0.236. The van der Waals surface area contributed by atoms with Crippen LogP contribution in [0.5, 0.6) is 5.75 Å². The zero-order chi connectivity index (χ0) is 19.1. The van der Waals surface area contributed by atoms with Crippen molar-refractivity contribution in [1.29, 1.82) is 0 Å². The fraction of sp³-hybridized carbons (Fsp3) is 0.333. The molecule has 2 aromatic carbocycles. The molecule has 0 aliphatic carbocycles. The second-order valence-corrected chi connectivity index (χ2v) is 6.52. The number of ether oxygens (including phenoxy) is 2. The van der Waals surface area contributed by atoms with E-state index in [-0.39, 0.29) is 30.6 Å². The van der Waals surface area contributed by atoms with Gasteiger partial charge in [-0.2, -0.15) is 0 Å². The van der Waals surface area contributed by atoms with Gasteiger partial charge in [-0.05, 0) is 31.0 Å². The van der Waals surface area contributed by atoms with E-state index >= 15 is 0 Å². The third kappa shape index (κ3) is 5.56. The van der Waals surface area contributed by atoms with Gasteiger partial charge >= 0.3 is 0 Å². The van der Waals surface area contributed by atoms with Crippen LogP contribution in [-0.2, 0) is 14.3 Å². The number of hydrogen-bond donors (Lipinski definition) is 2. The first kappa shape index (κ1) is 18.9. The molecular weight excluding hydrogens is 344 g/mol. The molecule has 1 fully saturated rings. The van der Waals surface area contributed by atoms with E-state index in [0.29, 0.717) is 24.5 Å². The molecule has 3 rings (SSSR count). The molecular formula is C21H24N2O4. The Balaban J connectivity index is 1.63. The summed E-state index contributed by atoms with van der Waals surface area (Å²) in [6.07, 6.45) is 1.28. The molecule has 1 heterocycles. The van der Waals surface area contributed by atoms with Crippen LogP contribution in [0.4, 0.5) is 5.69 Å². The van der Waals surface area contributed by atoms with E-state index in [4.69, 9.17) is 9.47 Å². The molecule has 0 spiro atoms. The van der Waals surface area contributed by atoms with E-state index in [1.165, 1.54) is 6.92 Å². The van der Waals surface area contributed by atoms with Gasteiger partial charge in [0.1, 0.15) is 5.75 Å². The van der Waals surface area contributed by atoms with Crippen LogP contribution in [0, 0.1) is 0 Å². The topological polar surface area (TPSA) is 76.7 Å². The number of para-hydroxylation sites is 2. The first-order valence-corrected chi connectivity index (χ1v) is 9.07. The minimum absolute atomic E-state index is 0.0414. The fourth-order valence-corrected chi connectivity index (χ4v) is 3.18. The van der Waals surface area contributed by atoms with Crippen molar-refractivity contribution < 1.29 is 19.1 Å². The summed E-state index contributed by atoms with van der Waals surface area (Å²) < 4.78 is 11.4. The van der Waals surface area contributed by atoms with Gasteiger partial charge < -0.3 is 20.1 Å². The Hall–Kier alpha value is -2.86. The number of benzene rings is 2. The third-order valence-corrected chi connectivity index (χ3v) is 4.39. The Kier molecular flexibility index (Phi) is 6.44.